The van der Waals surface area contributed by atoms with Crippen molar-refractivity contribution in [3.8, 4) is 5.75 Å². The van der Waals surface area contributed by atoms with Gasteiger partial charge >= 0.3 is 0 Å². The van der Waals surface area contributed by atoms with Crippen LogP contribution in [-0.2, 0) is 0 Å². The highest BCUT2D eigenvalue weighted by atomic mass is 19.1. The number of nitrogens with zero attached hydrogens (tertiary/aromatic N) is 1. The molecule has 0 radical (unpaired) electrons. The van der Waals surface area contributed by atoms with Gasteiger partial charge in [0.25, 0.3) is 0 Å². The average molecular weight is 196 g/mol. The van der Waals surface area contributed by atoms with Crippen molar-refractivity contribution in [1.82, 2.24) is 4.98 Å². The molecule has 3 nitrogen and oxygen atoms in total. The Kier molecular flexibility index (Phi) is 2.37. The summed E-state index contributed by atoms with van der Waals surface area (Å²) in [5, 5.41) is 0. The molecule has 0 saturated heterocycles. The number of methoxy groups -OCH3 is 1. The molecule has 2 N–H and O–H groups in total. The summed E-state index contributed by atoms with van der Waals surface area (Å²) >= 11 is 0. The molecule has 1 saturated carbocycles. The molecule has 1 fully saturated rings. The second-order valence-corrected chi connectivity index (χ2v) is 3.61. The van der Waals surface area contributed by atoms with E-state index in [0.717, 1.165) is 19.0 Å². The number of pyridine rings is 1. The largest absolute Gasteiger partial charge is 0.494 e. The van der Waals surface area contributed by atoms with E-state index in [4.69, 9.17) is 10.5 Å². The van der Waals surface area contributed by atoms with E-state index >= 15 is 0 Å². The Bertz CT molecular complexity index is 339. The third-order valence-electron chi connectivity index (χ3n) is 2.53. The molecule has 1 aromatic rings. The summed E-state index contributed by atoms with van der Waals surface area (Å²) in [6, 6.07) is 1.50. The Morgan fingerprint density at radius 1 is 1.64 bits per heavy atom. The van der Waals surface area contributed by atoms with Crippen molar-refractivity contribution in [2.24, 2.45) is 11.7 Å². The monoisotopic (exact) mass is 196 g/mol. The van der Waals surface area contributed by atoms with Gasteiger partial charge in [-0.2, -0.15) is 0 Å². The molecule has 0 bridgehead atoms. The molecular formula is C10H13FN2O. The normalized spacial score (nSPS) is 17.9. The lowest BCUT2D eigenvalue weighted by Gasteiger charge is -2.10. The van der Waals surface area contributed by atoms with Gasteiger partial charge in [-0.1, -0.05) is 0 Å². The van der Waals surface area contributed by atoms with Gasteiger partial charge in [0.15, 0.2) is 11.6 Å². The van der Waals surface area contributed by atoms with E-state index in [1.165, 1.54) is 7.11 Å². The first-order valence-corrected chi connectivity index (χ1v) is 4.67. The molecule has 76 valence electrons. The van der Waals surface area contributed by atoms with E-state index in [9.17, 15) is 4.39 Å². The molecule has 14 heavy (non-hydrogen) atoms. The van der Waals surface area contributed by atoms with Gasteiger partial charge in [-0.05, 0) is 18.8 Å². The van der Waals surface area contributed by atoms with Crippen molar-refractivity contribution in [1.29, 1.82) is 0 Å². The van der Waals surface area contributed by atoms with Crippen molar-refractivity contribution in [2.45, 2.75) is 18.9 Å². The number of rotatable bonds is 3. The fraction of sp³-hybridized carbons (Fsp3) is 0.500. The molecule has 1 heterocycles. The van der Waals surface area contributed by atoms with Crippen molar-refractivity contribution in [3.63, 3.8) is 0 Å². The molecule has 0 amide bonds. The molecule has 0 unspecified atom stereocenters. The zero-order chi connectivity index (χ0) is 10.1. The smallest absolute Gasteiger partial charge is 0.183 e. The minimum absolute atomic E-state index is 0.0792. The Balaban J connectivity index is 2.25. The van der Waals surface area contributed by atoms with E-state index in [0.29, 0.717) is 11.6 Å². The zero-order valence-electron chi connectivity index (χ0n) is 8.03. The third kappa shape index (κ3) is 1.70. The quantitative estimate of drug-likeness (QED) is 0.799. The second-order valence-electron chi connectivity index (χ2n) is 3.61. The summed E-state index contributed by atoms with van der Waals surface area (Å²) in [5.74, 6) is 0.281. The van der Waals surface area contributed by atoms with Crippen LogP contribution in [0.5, 0.6) is 5.75 Å². The van der Waals surface area contributed by atoms with Gasteiger partial charge in [-0.25, -0.2) is 4.39 Å². The number of ether oxygens (including phenoxy) is 1. The van der Waals surface area contributed by atoms with Crippen LogP contribution in [0.2, 0.25) is 0 Å². The molecule has 0 aromatic carbocycles. The molecule has 1 aliphatic carbocycles. The molecule has 4 heteroatoms. The standard InChI is InChI=1S/C10H13FN2O/c1-14-9-4-8(13-5-7(9)11)10(12)6-2-3-6/h4-6,10H,2-3,12H2,1H3/t10-/m0/s1. The number of hydrogen-bond donors (Lipinski definition) is 1. The van der Waals surface area contributed by atoms with Gasteiger partial charge in [-0.15, -0.1) is 0 Å². The van der Waals surface area contributed by atoms with Crippen molar-refractivity contribution >= 4 is 0 Å². The van der Waals surface area contributed by atoms with Crippen LogP contribution in [0.3, 0.4) is 0 Å². The van der Waals surface area contributed by atoms with E-state index in [-0.39, 0.29) is 11.8 Å². The van der Waals surface area contributed by atoms with Crippen LogP contribution in [0.4, 0.5) is 4.39 Å². The molecule has 1 aliphatic rings. The van der Waals surface area contributed by atoms with E-state index < -0.39 is 5.82 Å². The van der Waals surface area contributed by atoms with Gasteiger partial charge in [0.05, 0.1) is 19.0 Å². The van der Waals surface area contributed by atoms with Crippen LogP contribution >= 0.6 is 0 Å². The van der Waals surface area contributed by atoms with Crippen LogP contribution in [-0.4, -0.2) is 12.1 Å². The van der Waals surface area contributed by atoms with Gasteiger partial charge in [0.2, 0.25) is 0 Å². The fourth-order valence-corrected chi connectivity index (χ4v) is 1.47. The predicted octanol–water partition coefficient (Wildman–Crippen LogP) is 1.64. The maximum absolute atomic E-state index is 13.0. The lowest BCUT2D eigenvalue weighted by atomic mass is 10.1. The summed E-state index contributed by atoms with van der Waals surface area (Å²) in [6.07, 6.45) is 3.45. The SMILES string of the molecule is COc1cc([C@@H](N)C2CC2)ncc1F. The zero-order valence-corrected chi connectivity index (χ0v) is 8.03. The summed E-state index contributed by atoms with van der Waals surface area (Å²) < 4.78 is 17.9. The van der Waals surface area contributed by atoms with Crippen LogP contribution in [0, 0.1) is 11.7 Å². The van der Waals surface area contributed by atoms with Crippen molar-refractivity contribution in [2.75, 3.05) is 7.11 Å². The van der Waals surface area contributed by atoms with Crippen LogP contribution in [0.15, 0.2) is 12.3 Å². The molecule has 0 aliphatic heterocycles. The average Bonchev–Trinajstić information content (AvgIpc) is 3.01. The van der Waals surface area contributed by atoms with Crippen LogP contribution in [0.1, 0.15) is 24.6 Å². The summed E-state index contributed by atoms with van der Waals surface area (Å²) in [7, 11) is 1.44. The highest BCUT2D eigenvalue weighted by Crippen LogP contribution is 2.39. The number of aromatic nitrogens is 1. The van der Waals surface area contributed by atoms with E-state index in [1.54, 1.807) is 6.07 Å². The maximum atomic E-state index is 13.0. The molecule has 2 rings (SSSR count). The van der Waals surface area contributed by atoms with Crippen molar-refractivity contribution < 1.29 is 9.13 Å². The second kappa shape index (κ2) is 3.53. The Hall–Kier alpha value is -1.16. The van der Waals surface area contributed by atoms with E-state index in [1.807, 2.05) is 0 Å². The van der Waals surface area contributed by atoms with Gasteiger partial charge < -0.3 is 10.5 Å². The lowest BCUT2D eigenvalue weighted by molar-refractivity contribution is 0.383. The first-order valence-electron chi connectivity index (χ1n) is 4.67. The molecule has 1 aromatic heterocycles. The first kappa shape index (κ1) is 9.40. The Morgan fingerprint density at radius 2 is 2.36 bits per heavy atom. The number of hydrogen-bond acceptors (Lipinski definition) is 3. The number of halogens is 1. The molecule has 0 spiro atoms. The topological polar surface area (TPSA) is 48.1 Å². The Labute approximate surface area is 82.1 Å². The molecular weight excluding hydrogens is 183 g/mol. The van der Waals surface area contributed by atoms with Gasteiger partial charge in [0.1, 0.15) is 0 Å². The minimum atomic E-state index is -0.445. The summed E-state index contributed by atoms with van der Waals surface area (Å²) in [5.41, 5.74) is 6.65. The predicted molar refractivity (Wildman–Crippen MR) is 50.4 cm³/mol. The third-order valence-corrected chi connectivity index (χ3v) is 2.53. The summed E-state index contributed by atoms with van der Waals surface area (Å²) in [6.45, 7) is 0. The highest BCUT2D eigenvalue weighted by Gasteiger charge is 2.30. The number of nitrogens with two attached hydrogens (primary N) is 1. The maximum Gasteiger partial charge on any atom is 0.183 e. The van der Waals surface area contributed by atoms with Crippen LogP contribution in [0.25, 0.3) is 0 Å². The highest BCUT2D eigenvalue weighted by molar-refractivity contribution is 5.26. The van der Waals surface area contributed by atoms with Gasteiger partial charge in [0, 0.05) is 12.1 Å². The summed E-state index contributed by atoms with van der Waals surface area (Å²) in [4.78, 5) is 3.97. The first-order chi connectivity index (χ1) is 6.72. The van der Waals surface area contributed by atoms with Crippen LogP contribution < -0.4 is 10.5 Å². The lowest BCUT2D eigenvalue weighted by Crippen LogP contribution is -2.14. The van der Waals surface area contributed by atoms with Crippen molar-refractivity contribution in [3.05, 3.63) is 23.8 Å². The van der Waals surface area contributed by atoms with E-state index in [2.05, 4.69) is 4.98 Å². The minimum Gasteiger partial charge on any atom is -0.494 e. The molecule has 1 atom stereocenters. The van der Waals surface area contributed by atoms with Gasteiger partial charge in [-0.3, -0.25) is 4.98 Å². The fourth-order valence-electron chi connectivity index (χ4n) is 1.47. The Morgan fingerprint density at radius 3 is 2.93 bits per heavy atom.